The van der Waals surface area contributed by atoms with Crippen LogP contribution in [0.5, 0.6) is 0 Å². The first-order valence-corrected chi connectivity index (χ1v) is 6.81. The van der Waals surface area contributed by atoms with E-state index in [-0.39, 0.29) is 12.0 Å². The maximum absolute atomic E-state index is 6.03. The third kappa shape index (κ3) is 2.25. The summed E-state index contributed by atoms with van der Waals surface area (Å²) in [5.41, 5.74) is 6.03. The van der Waals surface area contributed by atoms with Gasteiger partial charge in [0, 0.05) is 17.3 Å². The molecule has 2 N–H and O–H groups in total. The summed E-state index contributed by atoms with van der Waals surface area (Å²) in [6.07, 6.45) is 4.05. The van der Waals surface area contributed by atoms with E-state index in [9.17, 15) is 0 Å². The van der Waals surface area contributed by atoms with Gasteiger partial charge in [0.1, 0.15) is 0 Å². The molecule has 0 radical (unpaired) electrons. The van der Waals surface area contributed by atoms with E-state index in [1.807, 2.05) is 6.07 Å². The van der Waals surface area contributed by atoms with E-state index in [2.05, 4.69) is 21.6 Å². The molecule has 0 aromatic carbocycles. The molecule has 0 spiro atoms. The molecule has 2 aromatic rings. The van der Waals surface area contributed by atoms with Crippen LogP contribution in [0.4, 0.5) is 0 Å². The number of rotatable bonds is 3. The summed E-state index contributed by atoms with van der Waals surface area (Å²) in [5.74, 6) is 1.75. The molecule has 4 nitrogen and oxygen atoms in total. The summed E-state index contributed by atoms with van der Waals surface area (Å²) in [5, 5.41) is 6.09. The number of hydrogen-bond donors (Lipinski definition) is 1. The van der Waals surface area contributed by atoms with Crippen molar-refractivity contribution in [2.24, 2.45) is 5.73 Å². The summed E-state index contributed by atoms with van der Waals surface area (Å²) in [6.45, 7) is 0. The molecule has 90 valence electrons. The lowest BCUT2D eigenvalue weighted by atomic mass is 10.1. The molecule has 2 aromatic heterocycles. The molecular formula is C12H15N3OS. The van der Waals surface area contributed by atoms with Crippen LogP contribution in [0, 0.1) is 0 Å². The van der Waals surface area contributed by atoms with Gasteiger partial charge in [0.25, 0.3) is 0 Å². The lowest BCUT2D eigenvalue weighted by Gasteiger charge is -2.08. The van der Waals surface area contributed by atoms with Gasteiger partial charge in [-0.25, -0.2) is 0 Å². The highest BCUT2D eigenvalue weighted by molar-refractivity contribution is 7.09. The Balaban J connectivity index is 1.74. The van der Waals surface area contributed by atoms with Crippen LogP contribution in [0.15, 0.2) is 22.0 Å². The summed E-state index contributed by atoms with van der Waals surface area (Å²) in [4.78, 5) is 5.72. The number of nitrogens with zero attached hydrogens (tertiary/aromatic N) is 2. The SMILES string of the molecule is NC1CCCC1c1nc(Cc2cccs2)no1. The van der Waals surface area contributed by atoms with Crippen LogP contribution in [0.1, 0.15) is 41.8 Å². The zero-order chi connectivity index (χ0) is 11.7. The van der Waals surface area contributed by atoms with Gasteiger partial charge in [-0.15, -0.1) is 11.3 Å². The molecule has 2 heterocycles. The van der Waals surface area contributed by atoms with Crippen molar-refractivity contribution in [2.75, 3.05) is 0 Å². The Labute approximate surface area is 104 Å². The maximum Gasteiger partial charge on any atom is 0.231 e. The van der Waals surface area contributed by atoms with Gasteiger partial charge >= 0.3 is 0 Å². The Bertz CT molecular complexity index is 480. The van der Waals surface area contributed by atoms with Crippen LogP contribution in [0.2, 0.25) is 0 Å². The van der Waals surface area contributed by atoms with Crippen LogP contribution < -0.4 is 5.73 Å². The quantitative estimate of drug-likeness (QED) is 0.906. The normalized spacial score (nSPS) is 24.3. The molecule has 0 amide bonds. The highest BCUT2D eigenvalue weighted by Gasteiger charge is 2.30. The molecular weight excluding hydrogens is 234 g/mol. The molecule has 1 fully saturated rings. The average molecular weight is 249 g/mol. The molecule has 2 atom stereocenters. The van der Waals surface area contributed by atoms with Gasteiger partial charge in [-0.05, 0) is 24.3 Å². The second-order valence-electron chi connectivity index (χ2n) is 4.51. The number of nitrogens with two attached hydrogens (primary N) is 1. The fraction of sp³-hybridized carbons (Fsp3) is 0.500. The summed E-state index contributed by atoms with van der Waals surface area (Å²) in [6, 6.07) is 4.31. The molecule has 3 rings (SSSR count). The Morgan fingerprint density at radius 1 is 1.47 bits per heavy atom. The van der Waals surface area contributed by atoms with Crippen molar-refractivity contribution in [2.45, 2.75) is 37.6 Å². The predicted octanol–water partition coefficient (Wildman–Crippen LogP) is 2.32. The monoisotopic (exact) mass is 249 g/mol. The van der Waals surface area contributed by atoms with Crippen LogP contribution in [0.3, 0.4) is 0 Å². The minimum atomic E-state index is 0.185. The molecule has 0 bridgehead atoms. The second kappa shape index (κ2) is 4.58. The Kier molecular flexibility index (Phi) is 2.94. The van der Waals surface area contributed by atoms with Gasteiger partial charge < -0.3 is 10.3 Å². The first-order valence-electron chi connectivity index (χ1n) is 5.93. The van der Waals surface area contributed by atoms with E-state index >= 15 is 0 Å². The lowest BCUT2D eigenvalue weighted by molar-refractivity contribution is 0.342. The highest BCUT2D eigenvalue weighted by Crippen LogP contribution is 2.32. The number of hydrogen-bond acceptors (Lipinski definition) is 5. The van der Waals surface area contributed by atoms with Crippen molar-refractivity contribution in [1.82, 2.24) is 10.1 Å². The van der Waals surface area contributed by atoms with Gasteiger partial charge in [0.15, 0.2) is 5.82 Å². The topological polar surface area (TPSA) is 64.9 Å². The molecule has 1 aliphatic rings. The van der Waals surface area contributed by atoms with Gasteiger partial charge in [0.05, 0.1) is 5.92 Å². The van der Waals surface area contributed by atoms with Crippen LogP contribution >= 0.6 is 11.3 Å². The van der Waals surface area contributed by atoms with Gasteiger partial charge in [-0.2, -0.15) is 4.98 Å². The fourth-order valence-electron chi connectivity index (χ4n) is 2.35. The van der Waals surface area contributed by atoms with Crippen LogP contribution in [0.25, 0.3) is 0 Å². The van der Waals surface area contributed by atoms with E-state index in [0.29, 0.717) is 0 Å². The Morgan fingerprint density at radius 3 is 3.12 bits per heavy atom. The van der Waals surface area contributed by atoms with E-state index in [4.69, 9.17) is 10.3 Å². The number of thiophene rings is 1. The van der Waals surface area contributed by atoms with Gasteiger partial charge in [-0.1, -0.05) is 17.6 Å². The zero-order valence-corrected chi connectivity index (χ0v) is 10.3. The van der Waals surface area contributed by atoms with Crippen molar-refractivity contribution >= 4 is 11.3 Å². The van der Waals surface area contributed by atoms with E-state index < -0.39 is 0 Å². The van der Waals surface area contributed by atoms with Crippen molar-refractivity contribution in [1.29, 1.82) is 0 Å². The average Bonchev–Trinajstić information content (AvgIpc) is 3.00. The molecule has 17 heavy (non-hydrogen) atoms. The molecule has 2 unspecified atom stereocenters. The molecule has 1 saturated carbocycles. The maximum atomic E-state index is 6.03. The Hall–Kier alpha value is -1.20. The van der Waals surface area contributed by atoms with Crippen molar-refractivity contribution in [3.63, 3.8) is 0 Å². The summed E-state index contributed by atoms with van der Waals surface area (Å²) in [7, 11) is 0. The van der Waals surface area contributed by atoms with E-state index in [0.717, 1.165) is 37.4 Å². The first-order chi connectivity index (χ1) is 8.33. The van der Waals surface area contributed by atoms with E-state index in [1.165, 1.54) is 4.88 Å². The smallest absolute Gasteiger partial charge is 0.231 e. The third-order valence-electron chi connectivity index (χ3n) is 3.28. The van der Waals surface area contributed by atoms with Gasteiger partial charge in [-0.3, -0.25) is 0 Å². The summed E-state index contributed by atoms with van der Waals surface area (Å²) >= 11 is 1.71. The minimum Gasteiger partial charge on any atom is -0.339 e. The Morgan fingerprint density at radius 2 is 2.41 bits per heavy atom. The minimum absolute atomic E-state index is 0.185. The van der Waals surface area contributed by atoms with Crippen LogP contribution in [-0.2, 0) is 6.42 Å². The number of aromatic nitrogens is 2. The van der Waals surface area contributed by atoms with Gasteiger partial charge in [0.2, 0.25) is 5.89 Å². The second-order valence-corrected chi connectivity index (χ2v) is 5.54. The van der Waals surface area contributed by atoms with Crippen LogP contribution in [-0.4, -0.2) is 16.2 Å². The van der Waals surface area contributed by atoms with Crippen molar-refractivity contribution < 1.29 is 4.52 Å². The summed E-state index contributed by atoms with van der Waals surface area (Å²) < 4.78 is 5.33. The molecule has 1 aliphatic carbocycles. The zero-order valence-electron chi connectivity index (χ0n) is 9.50. The lowest BCUT2D eigenvalue weighted by Crippen LogP contribution is -2.22. The largest absolute Gasteiger partial charge is 0.339 e. The fourth-order valence-corrected chi connectivity index (χ4v) is 3.06. The molecule has 0 aliphatic heterocycles. The molecule has 5 heteroatoms. The predicted molar refractivity (Wildman–Crippen MR) is 66.0 cm³/mol. The first kappa shape index (κ1) is 10.9. The standard InChI is InChI=1S/C12H15N3OS/c13-10-5-1-4-9(10)12-14-11(15-16-12)7-8-3-2-6-17-8/h2-3,6,9-10H,1,4-5,7,13H2. The van der Waals surface area contributed by atoms with Crippen molar-refractivity contribution in [3.05, 3.63) is 34.1 Å². The highest BCUT2D eigenvalue weighted by atomic mass is 32.1. The van der Waals surface area contributed by atoms with E-state index in [1.54, 1.807) is 11.3 Å². The van der Waals surface area contributed by atoms with Crippen molar-refractivity contribution in [3.8, 4) is 0 Å². The third-order valence-corrected chi connectivity index (χ3v) is 4.16. The molecule has 0 saturated heterocycles.